The van der Waals surface area contributed by atoms with Gasteiger partial charge in [-0.25, -0.2) is 4.98 Å². The summed E-state index contributed by atoms with van der Waals surface area (Å²) >= 11 is 16.3. The molecule has 0 bridgehead atoms. The summed E-state index contributed by atoms with van der Waals surface area (Å²) in [5.74, 6) is 0.418. The van der Waals surface area contributed by atoms with Crippen molar-refractivity contribution in [3.05, 3.63) is 67.9 Å². The number of fused-ring (bicyclic) bond motifs is 1. The van der Waals surface area contributed by atoms with Crippen molar-refractivity contribution in [1.29, 1.82) is 0 Å². The first-order valence-electron chi connectivity index (χ1n) is 9.78. The van der Waals surface area contributed by atoms with Gasteiger partial charge in [0.2, 0.25) is 0 Å². The number of halogens is 6. The van der Waals surface area contributed by atoms with Crippen molar-refractivity contribution in [1.82, 2.24) is 14.5 Å². The Bertz CT molecular complexity index is 1200. The summed E-state index contributed by atoms with van der Waals surface area (Å²) in [6, 6.07) is 6.18. The van der Waals surface area contributed by atoms with E-state index in [2.05, 4.69) is 32.4 Å². The van der Waals surface area contributed by atoms with Crippen LogP contribution in [-0.4, -0.2) is 40.8 Å². The molecule has 0 atom stereocenters. The zero-order valence-electron chi connectivity index (χ0n) is 17.1. The predicted octanol–water partition coefficient (Wildman–Crippen LogP) is 6.56. The molecule has 170 valence electrons. The maximum absolute atomic E-state index is 13.6. The Kier molecular flexibility index (Phi) is 6.51. The molecule has 3 aromatic rings. The monoisotopic (exact) mass is 547 g/mol. The van der Waals surface area contributed by atoms with E-state index in [1.165, 1.54) is 0 Å². The highest BCUT2D eigenvalue weighted by atomic mass is 79.9. The van der Waals surface area contributed by atoms with Crippen LogP contribution in [0.15, 0.2) is 35.3 Å². The highest BCUT2D eigenvalue weighted by molar-refractivity contribution is 9.10. The van der Waals surface area contributed by atoms with E-state index in [1.807, 2.05) is 0 Å². The SMILES string of the molecule is C=C(c1ccc(Cl)c(Cc2nc3c(C(F)(F)F)cc(Br)cc3n2C)c1Cl)N1CCOCC1. The lowest BCUT2D eigenvalue weighted by molar-refractivity contribution is -0.136. The van der Waals surface area contributed by atoms with Gasteiger partial charge in [0.1, 0.15) is 11.3 Å². The molecule has 4 nitrogen and oxygen atoms in total. The van der Waals surface area contributed by atoms with Crippen LogP contribution in [0.1, 0.15) is 22.5 Å². The van der Waals surface area contributed by atoms with Crippen LogP contribution >= 0.6 is 39.1 Å². The van der Waals surface area contributed by atoms with Crippen LogP contribution in [0, 0.1) is 0 Å². The molecular formula is C22H19BrCl2F3N3O. The number of aromatic nitrogens is 2. The van der Waals surface area contributed by atoms with Crippen LogP contribution in [0.3, 0.4) is 0 Å². The highest BCUT2D eigenvalue weighted by Crippen LogP contribution is 2.38. The van der Waals surface area contributed by atoms with E-state index in [0.29, 0.717) is 57.7 Å². The Hall–Kier alpha value is -1.74. The fraction of sp³-hybridized carbons (Fsp3) is 0.318. The third-order valence-corrected chi connectivity index (χ3v) is 6.82. The minimum absolute atomic E-state index is 0.112. The molecule has 1 saturated heterocycles. The van der Waals surface area contributed by atoms with Crippen molar-refractivity contribution in [3.63, 3.8) is 0 Å². The molecule has 1 aliphatic heterocycles. The van der Waals surface area contributed by atoms with Crippen LogP contribution in [-0.2, 0) is 24.4 Å². The van der Waals surface area contributed by atoms with Gasteiger partial charge in [-0.15, -0.1) is 0 Å². The Balaban J connectivity index is 1.76. The average molecular weight is 549 g/mol. The molecule has 32 heavy (non-hydrogen) atoms. The minimum atomic E-state index is -4.53. The van der Waals surface area contributed by atoms with Gasteiger partial charge in [-0.1, -0.05) is 45.7 Å². The second-order valence-electron chi connectivity index (χ2n) is 7.52. The standard InChI is InChI=1S/C22H19BrCl2F3N3O/c1-12(31-5-7-32-8-6-31)14-3-4-17(24)15(20(14)25)11-19-29-21-16(22(26,27)28)9-13(23)10-18(21)30(19)2/h3-4,9-10H,1,5-8,11H2,2H3. The molecule has 0 saturated carbocycles. The number of hydrogen-bond donors (Lipinski definition) is 0. The van der Waals surface area contributed by atoms with Gasteiger partial charge >= 0.3 is 6.18 Å². The number of nitrogens with zero attached hydrogens (tertiary/aromatic N) is 3. The summed E-state index contributed by atoms with van der Waals surface area (Å²) in [7, 11) is 1.68. The topological polar surface area (TPSA) is 30.3 Å². The molecule has 2 aromatic carbocycles. The summed E-state index contributed by atoms with van der Waals surface area (Å²) in [5.41, 5.74) is 1.53. The lowest BCUT2D eigenvalue weighted by atomic mass is 10.0. The average Bonchev–Trinajstić information content (AvgIpc) is 3.05. The van der Waals surface area contributed by atoms with E-state index in [9.17, 15) is 13.2 Å². The van der Waals surface area contributed by atoms with E-state index in [-0.39, 0.29) is 11.9 Å². The number of hydrogen-bond acceptors (Lipinski definition) is 3. The van der Waals surface area contributed by atoms with Gasteiger partial charge in [0.05, 0.1) is 29.3 Å². The van der Waals surface area contributed by atoms with Gasteiger partial charge in [0, 0.05) is 47.3 Å². The Morgan fingerprint density at radius 3 is 2.56 bits per heavy atom. The maximum atomic E-state index is 13.6. The molecule has 1 aliphatic rings. The van der Waals surface area contributed by atoms with Gasteiger partial charge in [-0.05, 0) is 29.8 Å². The molecule has 1 fully saturated rings. The van der Waals surface area contributed by atoms with Gasteiger partial charge in [0.25, 0.3) is 0 Å². The number of morpholine rings is 1. The molecule has 0 spiro atoms. The van der Waals surface area contributed by atoms with E-state index in [4.69, 9.17) is 27.9 Å². The summed E-state index contributed by atoms with van der Waals surface area (Å²) in [6.45, 7) is 6.79. The third kappa shape index (κ3) is 4.38. The van der Waals surface area contributed by atoms with Crippen molar-refractivity contribution in [2.75, 3.05) is 26.3 Å². The number of rotatable bonds is 4. The molecule has 1 aromatic heterocycles. The van der Waals surface area contributed by atoms with Crippen LogP contribution < -0.4 is 0 Å². The molecular weight excluding hydrogens is 530 g/mol. The van der Waals surface area contributed by atoms with Gasteiger partial charge < -0.3 is 14.2 Å². The molecule has 0 amide bonds. The number of imidazole rings is 1. The minimum Gasteiger partial charge on any atom is -0.378 e. The zero-order valence-corrected chi connectivity index (χ0v) is 20.2. The zero-order chi connectivity index (χ0) is 23.2. The lowest BCUT2D eigenvalue weighted by Crippen LogP contribution is -2.34. The maximum Gasteiger partial charge on any atom is 0.418 e. The number of benzene rings is 2. The Morgan fingerprint density at radius 1 is 1.22 bits per heavy atom. The van der Waals surface area contributed by atoms with E-state index in [0.717, 1.165) is 17.3 Å². The summed E-state index contributed by atoms with van der Waals surface area (Å²) in [4.78, 5) is 6.41. The van der Waals surface area contributed by atoms with Crippen LogP contribution in [0.4, 0.5) is 13.2 Å². The van der Waals surface area contributed by atoms with E-state index >= 15 is 0 Å². The molecule has 0 radical (unpaired) electrons. The number of alkyl halides is 3. The predicted molar refractivity (Wildman–Crippen MR) is 124 cm³/mol. The van der Waals surface area contributed by atoms with Gasteiger partial charge in [-0.3, -0.25) is 0 Å². The van der Waals surface area contributed by atoms with Crippen LogP contribution in [0.2, 0.25) is 10.0 Å². The summed E-state index contributed by atoms with van der Waals surface area (Å²) in [6.07, 6.45) is -4.36. The summed E-state index contributed by atoms with van der Waals surface area (Å²) in [5, 5.41) is 0.830. The van der Waals surface area contributed by atoms with E-state index < -0.39 is 11.7 Å². The molecule has 4 rings (SSSR count). The smallest absolute Gasteiger partial charge is 0.378 e. The first-order valence-corrected chi connectivity index (χ1v) is 11.3. The van der Waals surface area contributed by atoms with Crippen molar-refractivity contribution >= 4 is 55.9 Å². The van der Waals surface area contributed by atoms with Crippen LogP contribution in [0.5, 0.6) is 0 Å². The Morgan fingerprint density at radius 2 is 1.91 bits per heavy atom. The molecule has 0 N–H and O–H groups in total. The quantitative estimate of drug-likeness (QED) is 0.370. The highest BCUT2D eigenvalue weighted by Gasteiger charge is 2.35. The first kappa shape index (κ1) is 23.4. The molecule has 2 heterocycles. The van der Waals surface area contributed by atoms with Crippen molar-refractivity contribution in [3.8, 4) is 0 Å². The fourth-order valence-electron chi connectivity index (χ4n) is 3.82. The third-order valence-electron chi connectivity index (χ3n) is 5.57. The summed E-state index contributed by atoms with van der Waals surface area (Å²) < 4.78 is 48.1. The van der Waals surface area contributed by atoms with Gasteiger partial charge in [-0.2, -0.15) is 13.2 Å². The molecule has 0 aliphatic carbocycles. The van der Waals surface area contributed by atoms with Crippen molar-refractivity contribution in [2.45, 2.75) is 12.6 Å². The lowest BCUT2D eigenvalue weighted by Gasteiger charge is -2.31. The van der Waals surface area contributed by atoms with Gasteiger partial charge in [0.15, 0.2) is 0 Å². The number of aryl methyl sites for hydroxylation is 1. The number of ether oxygens (including phenoxy) is 1. The van der Waals surface area contributed by atoms with E-state index in [1.54, 1.807) is 29.8 Å². The van der Waals surface area contributed by atoms with Crippen LogP contribution in [0.25, 0.3) is 16.7 Å². The Labute approximate surface area is 201 Å². The molecule has 10 heteroatoms. The second-order valence-corrected chi connectivity index (χ2v) is 9.22. The first-order chi connectivity index (χ1) is 15.1. The molecule has 0 unspecified atom stereocenters. The van der Waals surface area contributed by atoms with Crippen molar-refractivity contribution < 1.29 is 17.9 Å². The second kappa shape index (κ2) is 8.89. The fourth-order valence-corrected chi connectivity index (χ4v) is 4.88. The van der Waals surface area contributed by atoms with Crippen molar-refractivity contribution in [2.24, 2.45) is 7.05 Å². The largest absolute Gasteiger partial charge is 0.418 e. The normalized spacial score (nSPS) is 14.9.